The Hall–Kier alpha value is -1.50. The molecule has 0 saturated carbocycles. The van der Waals surface area contributed by atoms with E-state index >= 15 is 0 Å². The standard InChI is InChI=1S/C17H25N3O3/c1-22-10-8-19-7-5-17(12-19)13-20(9-11-23-14-17)16(21)15-4-2-3-6-18-15/h2-4,6H,5,7-14H2,1H3/t17-/m0/s1. The van der Waals surface area contributed by atoms with Gasteiger partial charge < -0.3 is 19.3 Å². The van der Waals surface area contributed by atoms with E-state index in [1.54, 1.807) is 19.4 Å². The summed E-state index contributed by atoms with van der Waals surface area (Å²) in [6.07, 6.45) is 2.72. The summed E-state index contributed by atoms with van der Waals surface area (Å²) in [5, 5.41) is 0. The summed E-state index contributed by atoms with van der Waals surface area (Å²) in [6, 6.07) is 5.46. The Morgan fingerprint density at radius 3 is 3.09 bits per heavy atom. The van der Waals surface area contributed by atoms with Crippen LogP contribution in [0.15, 0.2) is 24.4 Å². The lowest BCUT2D eigenvalue weighted by Crippen LogP contribution is -2.43. The predicted molar refractivity (Wildman–Crippen MR) is 86.3 cm³/mol. The van der Waals surface area contributed by atoms with Crippen molar-refractivity contribution in [2.24, 2.45) is 5.41 Å². The van der Waals surface area contributed by atoms with Crippen LogP contribution < -0.4 is 0 Å². The molecule has 2 fully saturated rings. The van der Waals surface area contributed by atoms with Gasteiger partial charge >= 0.3 is 0 Å². The fourth-order valence-electron chi connectivity index (χ4n) is 3.50. The monoisotopic (exact) mass is 319 g/mol. The van der Waals surface area contributed by atoms with E-state index in [9.17, 15) is 4.79 Å². The molecule has 1 amide bonds. The van der Waals surface area contributed by atoms with Gasteiger partial charge in [-0.25, -0.2) is 0 Å². The number of carbonyl (C=O) groups is 1. The highest BCUT2D eigenvalue weighted by atomic mass is 16.5. The Balaban J connectivity index is 1.68. The van der Waals surface area contributed by atoms with E-state index in [1.165, 1.54) is 0 Å². The molecule has 6 heteroatoms. The van der Waals surface area contributed by atoms with Gasteiger partial charge in [-0.3, -0.25) is 9.78 Å². The SMILES string of the molecule is COCCN1CC[C@]2(COCCN(C(=O)c3ccccn3)C2)C1. The molecule has 1 spiro atoms. The first-order valence-corrected chi connectivity index (χ1v) is 8.22. The van der Waals surface area contributed by atoms with E-state index in [0.29, 0.717) is 18.8 Å². The fraction of sp³-hybridized carbons (Fsp3) is 0.647. The summed E-state index contributed by atoms with van der Waals surface area (Å²) >= 11 is 0. The molecular weight excluding hydrogens is 294 g/mol. The van der Waals surface area contributed by atoms with Gasteiger partial charge in [0.2, 0.25) is 0 Å². The van der Waals surface area contributed by atoms with Crippen molar-refractivity contribution in [3.05, 3.63) is 30.1 Å². The molecule has 23 heavy (non-hydrogen) atoms. The second-order valence-corrected chi connectivity index (χ2v) is 6.51. The van der Waals surface area contributed by atoms with Gasteiger partial charge in [0.25, 0.3) is 5.91 Å². The Kier molecular flexibility index (Phi) is 5.25. The first kappa shape index (κ1) is 16.4. The first-order chi connectivity index (χ1) is 11.2. The van der Waals surface area contributed by atoms with Gasteiger partial charge in [-0.1, -0.05) is 6.07 Å². The summed E-state index contributed by atoms with van der Waals surface area (Å²) in [5.74, 6) is 0.00539. The quantitative estimate of drug-likeness (QED) is 0.825. The highest BCUT2D eigenvalue weighted by molar-refractivity contribution is 5.92. The average Bonchev–Trinajstić information content (AvgIpc) is 2.86. The minimum absolute atomic E-state index is 0.00539. The topological polar surface area (TPSA) is 54.9 Å². The predicted octanol–water partition coefficient (Wildman–Crippen LogP) is 0.893. The van der Waals surface area contributed by atoms with Crippen LogP contribution in [0, 0.1) is 5.41 Å². The van der Waals surface area contributed by atoms with Crippen LogP contribution in [0.2, 0.25) is 0 Å². The van der Waals surface area contributed by atoms with Crippen molar-refractivity contribution in [1.82, 2.24) is 14.8 Å². The van der Waals surface area contributed by atoms with Crippen molar-refractivity contribution in [2.75, 3.05) is 59.7 Å². The lowest BCUT2D eigenvalue weighted by atomic mass is 9.87. The second-order valence-electron chi connectivity index (χ2n) is 6.51. The van der Waals surface area contributed by atoms with E-state index in [0.717, 1.165) is 45.8 Å². The van der Waals surface area contributed by atoms with Crippen LogP contribution in [0.5, 0.6) is 0 Å². The number of amides is 1. The number of carbonyl (C=O) groups excluding carboxylic acids is 1. The van der Waals surface area contributed by atoms with Crippen molar-refractivity contribution in [3.63, 3.8) is 0 Å². The van der Waals surface area contributed by atoms with E-state index in [2.05, 4.69) is 9.88 Å². The highest BCUT2D eigenvalue weighted by Crippen LogP contribution is 2.33. The summed E-state index contributed by atoms with van der Waals surface area (Å²) in [5.41, 5.74) is 0.549. The molecule has 1 aromatic rings. The van der Waals surface area contributed by atoms with Crippen LogP contribution in [0.4, 0.5) is 0 Å². The number of likely N-dealkylation sites (tertiary alicyclic amines) is 1. The molecule has 1 aromatic heterocycles. The lowest BCUT2D eigenvalue weighted by Gasteiger charge is -2.31. The molecule has 0 N–H and O–H groups in total. The summed E-state index contributed by atoms with van der Waals surface area (Å²) < 4.78 is 11.0. The van der Waals surface area contributed by atoms with Gasteiger partial charge in [-0.2, -0.15) is 0 Å². The molecule has 3 heterocycles. The molecule has 6 nitrogen and oxygen atoms in total. The van der Waals surface area contributed by atoms with E-state index < -0.39 is 0 Å². The van der Waals surface area contributed by atoms with Gasteiger partial charge in [0, 0.05) is 44.9 Å². The maximum absolute atomic E-state index is 12.7. The molecule has 0 unspecified atom stereocenters. The molecule has 0 bridgehead atoms. The molecule has 2 saturated heterocycles. The zero-order valence-corrected chi connectivity index (χ0v) is 13.7. The Morgan fingerprint density at radius 2 is 2.30 bits per heavy atom. The van der Waals surface area contributed by atoms with Crippen molar-refractivity contribution in [2.45, 2.75) is 6.42 Å². The van der Waals surface area contributed by atoms with Crippen LogP contribution in [0.1, 0.15) is 16.9 Å². The zero-order valence-electron chi connectivity index (χ0n) is 13.7. The maximum atomic E-state index is 12.7. The first-order valence-electron chi connectivity index (χ1n) is 8.22. The third-order valence-corrected chi connectivity index (χ3v) is 4.74. The molecule has 2 aliphatic heterocycles. The number of nitrogens with zero attached hydrogens (tertiary/aromatic N) is 3. The van der Waals surface area contributed by atoms with Crippen LogP contribution in [0.25, 0.3) is 0 Å². The number of methoxy groups -OCH3 is 1. The number of hydrogen-bond acceptors (Lipinski definition) is 5. The van der Waals surface area contributed by atoms with Crippen molar-refractivity contribution in [3.8, 4) is 0 Å². The fourth-order valence-corrected chi connectivity index (χ4v) is 3.50. The summed E-state index contributed by atoms with van der Waals surface area (Å²) in [4.78, 5) is 21.2. The van der Waals surface area contributed by atoms with Crippen LogP contribution >= 0.6 is 0 Å². The van der Waals surface area contributed by atoms with Gasteiger partial charge in [-0.15, -0.1) is 0 Å². The van der Waals surface area contributed by atoms with Gasteiger partial charge in [0.05, 0.1) is 19.8 Å². The molecule has 0 radical (unpaired) electrons. The largest absolute Gasteiger partial charge is 0.383 e. The van der Waals surface area contributed by atoms with E-state index in [-0.39, 0.29) is 11.3 Å². The van der Waals surface area contributed by atoms with Crippen LogP contribution in [0.3, 0.4) is 0 Å². The summed E-state index contributed by atoms with van der Waals surface area (Å²) in [6.45, 7) is 6.38. The second kappa shape index (κ2) is 7.38. The maximum Gasteiger partial charge on any atom is 0.272 e. The number of aromatic nitrogens is 1. The van der Waals surface area contributed by atoms with Crippen LogP contribution in [-0.2, 0) is 9.47 Å². The molecule has 126 valence electrons. The smallest absolute Gasteiger partial charge is 0.272 e. The minimum Gasteiger partial charge on any atom is -0.383 e. The Labute approximate surface area is 137 Å². The van der Waals surface area contributed by atoms with Crippen LogP contribution in [-0.4, -0.2) is 80.3 Å². The molecule has 0 aliphatic carbocycles. The number of hydrogen-bond donors (Lipinski definition) is 0. The van der Waals surface area contributed by atoms with Crippen molar-refractivity contribution >= 4 is 5.91 Å². The number of pyridine rings is 1. The minimum atomic E-state index is 0.00539. The Bertz CT molecular complexity index is 525. The average molecular weight is 319 g/mol. The molecular formula is C17H25N3O3. The lowest BCUT2D eigenvalue weighted by molar-refractivity contribution is 0.0626. The van der Waals surface area contributed by atoms with Gasteiger partial charge in [-0.05, 0) is 25.1 Å². The third-order valence-electron chi connectivity index (χ3n) is 4.74. The van der Waals surface area contributed by atoms with Gasteiger partial charge in [0.15, 0.2) is 0 Å². The molecule has 2 aliphatic rings. The normalized spacial score (nSPS) is 25.7. The molecule has 3 rings (SSSR count). The molecule has 1 atom stereocenters. The van der Waals surface area contributed by atoms with Crippen molar-refractivity contribution in [1.29, 1.82) is 0 Å². The van der Waals surface area contributed by atoms with Gasteiger partial charge in [0.1, 0.15) is 5.69 Å². The summed E-state index contributed by atoms with van der Waals surface area (Å²) in [7, 11) is 1.73. The van der Waals surface area contributed by atoms with Crippen molar-refractivity contribution < 1.29 is 14.3 Å². The van der Waals surface area contributed by atoms with E-state index in [4.69, 9.17) is 9.47 Å². The third kappa shape index (κ3) is 3.88. The molecule has 0 aromatic carbocycles. The van der Waals surface area contributed by atoms with E-state index in [1.807, 2.05) is 17.0 Å². The number of rotatable bonds is 4. The number of ether oxygens (including phenoxy) is 2. The highest BCUT2D eigenvalue weighted by Gasteiger charge is 2.42. The Morgan fingerprint density at radius 1 is 1.39 bits per heavy atom. The zero-order chi connectivity index (χ0) is 16.1.